The van der Waals surface area contributed by atoms with Crippen LogP contribution in [0.2, 0.25) is 5.02 Å². The highest BCUT2D eigenvalue weighted by atomic mass is 35.5. The van der Waals surface area contributed by atoms with Crippen molar-refractivity contribution in [1.82, 2.24) is 5.32 Å². The molecule has 0 radical (unpaired) electrons. The van der Waals surface area contributed by atoms with Crippen LogP contribution in [0.5, 0.6) is 0 Å². The zero-order chi connectivity index (χ0) is 19.7. The van der Waals surface area contributed by atoms with E-state index in [0.29, 0.717) is 29.6 Å². The minimum absolute atomic E-state index is 0.271. The summed E-state index contributed by atoms with van der Waals surface area (Å²) in [5.74, 6) is 0.141. The number of anilines is 1. The number of amides is 1. The first-order chi connectivity index (χ1) is 12.2. The van der Waals surface area contributed by atoms with Crippen LogP contribution >= 0.6 is 11.6 Å². The molecule has 0 aliphatic carbocycles. The van der Waals surface area contributed by atoms with Gasteiger partial charge in [0.25, 0.3) is 0 Å². The van der Waals surface area contributed by atoms with Gasteiger partial charge in [-0.05, 0) is 37.0 Å². The van der Waals surface area contributed by atoms with Gasteiger partial charge in [-0.2, -0.15) is 0 Å². The Labute approximate surface area is 163 Å². The lowest BCUT2D eigenvalue weighted by Crippen LogP contribution is -2.50. The van der Waals surface area contributed by atoms with Crippen molar-refractivity contribution in [1.29, 1.82) is 0 Å². The van der Waals surface area contributed by atoms with Crippen molar-refractivity contribution in [2.24, 2.45) is 5.92 Å². The van der Waals surface area contributed by atoms with E-state index in [9.17, 15) is 13.2 Å². The van der Waals surface area contributed by atoms with Gasteiger partial charge < -0.3 is 5.32 Å². The largest absolute Gasteiger partial charge is 0.354 e. The molecule has 1 aromatic rings. The van der Waals surface area contributed by atoms with E-state index in [2.05, 4.69) is 19.2 Å². The Morgan fingerprint density at radius 1 is 1.23 bits per heavy atom. The molecule has 1 aromatic carbocycles. The Bertz CT molecular complexity index is 679. The van der Waals surface area contributed by atoms with Crippen molar-refractivity contribution in [3.05, 3.63) is 29.3 Å². The maximum Gasteiger partial charge on any atom is 0.243 e. The number of benzene rings is 1. The first-order valence-electron chi connectivity index (χ1n) is 9.27. The maximum absolute atomic E-state index is 12.8. The van der Waals surface area contributed by atoms with Gasteiger partial charge in [0.15, 0.2) is 0 Å². The van der Waals surface area contributed by atoms with E-state index in [-0.39, 0.29) is 5.91 Å². The van der Waals surface area contributed by atoms with Crippen molar-refractivity contribution >= 4 is 33.2 Å². The van der Waals surface area contributed by atoms with Crippen molar-refractivity contribution in [2.45, 2.75) is 58.9 Å². The Kier molecular flexibility index (Phi) is 9.44. The highest BCUT2D eigenvalue weighted by Crippen LogP contribution is 2.25. The van der Waals surface area contributed by atoms with Gasteiger partial charge in [-0.3, -0.25) is 9.10 Å². The van der Waals surface area contributed by atoms with E-state index in [1.54, 1.807) is 31.2 Å². The molecule has 7 heteroatoms. The molecule has 26 heavy (non-hydrogen) atoms. The van der Waals surface area contributed by atoms with Gasteiger partial charge in [0.05, 0.1) is 11.9 Å². The summed E-state index contributed by atoms with van der Waals surface area (Å²) in [5.41, 5.74) is 0.403. The third-order valence-electron chi connectivity index (χ3n) is 4.50. The van der Waals surface area contributed by atoms with E-state index < -0.39 is 16.1 Å². The summed E-state index contributed by atoms with van der Waals surface area (Å²) in [6, 6.07) is 5.77. The van der Waals surface area contributed by atoms with Crippen molar-refractivity contribution in [3.63, 3.8) is 0 Å². The minimum Gasteiger partial charge on any atom is -0.354 e. The molecule has 0 unspecified atom stereocenters. The normalized spacial score (nSPS) is 13.9. The Morgan fingerprint density at radius 3 is 2.42 bits per heavy atom. The average Bonchev–Trinajstić information content (AvgIpc) is 2.58. The lowest BCUT2D eigenvalue weighted by atomic mass is 9.99. The predicted octanol–water partition coefficient (Wildman–Crippen LogP) is 4.22. The van der Waals surface area contributed by atoms with E-state index in [1.165, 1.54) is 4.31 Å². The fourth-order valence-corrected chi connectivity index (χ4v) is 4.37. The summed E-state index contributed by atoms with van der Waals surface area (Å²) >= 11 is 6.01. The van der Waals surface area contributed by atoms with E-state index >= 15 is 0 Å². The number of nitrogens with one attached hydrogen (secondary N) is 1. The van der Waals surface area contributed by atoms with Crippen molar-refractivity contribution < 1.29 is 13.2 Å². The van der Waals surface area contributed by atoms with E-state index in [0.717, 1.165) is 31.9 Å². The molecule has 5 nitrogen and oxygen atoms in total. The van der Waals surface area contributed by atoms with E-state index in [1.807, 2.05) is 0 Å². The Balaban J connectivity index is 2.98. The highest BCUT2D eigenvalue weighted by Gasteiger charge is 2.31. The van der Waals surface area contributed by atoms with Crippen LogP contribution in [0.4, 0.5) is 5.69 Å². The molecule has 1 N–H and O–H groups in total. The van der Waals surface area contributed by atoms with Gasteiger partial charge in [-0.25, -0.2) is 8.42 Å². The molecule has 2 atom stereocenters. The fraction of sp³-hybridized carbons (Fsp3) is 0.632. The number of unbranched alkanes of at least 4 members (excludes halogenated alkanes) is 1. The number of hydrogen-bond donors (Lipinski definition) is 1. The molecule has 148 valence electrons. The third kappa shape index (κ3) is 6.80. The first-order valence-corrected chi connectivity index (χ1v) is 11.5. The Hall–Kier alpha value is -1.27. The second kappa shape index (κ2) is 10.8. The standard InChI is InChI=1S/C19H31ClN2O3S/c1-5-8-10-15(6-2)14-21-19(23)18(7-3)22(26(4,24)25)17-12-9-11-16(20)13-17/h9,11-13,15,18H,5-8,10,14H2,1-4H3,(H,21,23)/t15-,18+/m0/s1. The molecule has 0 bridgehead atoms. The average molecular weight is 403 g/mol. The molecule has 0 fully saturated rings. The van der Waals surface area contributed by atoms with Gasteiger partial charge in [-0.15, -0.1) is 0 Å². The summed E-state index contributed by atoms with van der Waals surface area (Å²) < 4.78 is 25.9. The fourth-order valence-electron chi connectivity index (χ4n) is 2.98. The zero-order valence-corrected chi connectivity index (χ0v) is 17.7. The number of hydrogen-bond acceptors (Lipinski definition) is 3. The van der Waals surface area contributed by atoms with Gasteiger partial charge in [0.2, 0.25) is 15.9 Å². The predicted molar refractivity (Wildman–Crippen MR) is 109 cm³/mol. The van der Waals surface area contributed by atoms with Crippen molar-refractivity contribution in [3.8, 4) is 0 Å². The maximum atomic E-state index is 12.8. The molecule has 1 rings (SSSR count). The second-order valence-electron chi connectivity index (χ2n) is 6.62. The van der Waals surface area contributed by atoms with Crippen LogP contribution < -0.4 is 9.62 Å². The highest BCUT2D eigenvalue weighted by molar-refractivity contribution is 7.92. The molecule has 0 saturated heterocycles. The van der Waals surface area contributed by atoms with Crippen LogP contribution in [0.25, 0.3) is 0 Å². The second-order valence-corrected chi connectivity index (χ2v) is 8.92. The van der Waals surface area contributed by atoms with Crippen LogP contribution in [-0.2, 0) is 14.8 Å². The van der Waals surface area contributed by atoms with Gasteiger partial charge >= 0.3 is 0 Å². The minimum atomic E-state index is -3.64. The summed E-state index contributed by atoms with van der Waals surface area (Å²) in [5, 5.41) is 3.38. The molecule has 1 amide bonds. The lowest BCUT2D eigenvalue weighted by molar-refractivity contribution is -0.122. The van der Waals surface area contributed by atoms with Crippen LogP contribution in [0, 0.1) is 5.92 Å². The zero-order valence-electron chi connectivity index (χ0n) is 16.2. The summed E-state index contributed by atoms with van der Waals surface area (Å²) in [6.45, 7) is 6.63. The first kappa shape index (κ1) is 22.8. The molecule has 0 saturated carbocycles. The van der Waals surface area contributed by atoms with E-state index in [4.69, 9.17) is 11.6 Å². The van der Waals surface area contributed by atoms with Gasteiger partial charge in [-0.1, -0.05) is 57.7 Å². The van der Waals surface area contributed by atoms with Crippen LogP contribution in [0.15, 0.2) is 24.3 Å². The number of sulfonamides is 1. The third-order valence-corrected chi connectivity index (χ3v) is 5.92. The Morgan fingerprint density at radius 2 is 1.92 bits per heavy atom. The molecular formula is C19H31ClN2O3S. The number of halogens is 1. The summed E-state index contributed by atoms with van der Waals surface area (Å²) in [7, 11) is -3.64. The van der Waals surface area contributed by atoms with Gasteiger partial charge in [0.1, 0.15) is 6.04 Å². The monoisotopic (exact) mass is 402 g/mol. The van der Waals surface area contributed by atoms with Crippen LogP contribution in [0.1, 0.15) is 52.9 Å². The SMILES string of the molecule is CCCC[C@H](CC)CNC(=O)[C@@H](CC)N(c1cccc(Cl)c1)S(C)(=O)=O. The van der Waals surface area contributed by atoms with Crippen molar-refractivity contribution in [2.75, 3.05) is 17.1 Å². The molecule has 0 aliphatic rings. The number of carbonyl (C=O) groups excluding carboxylic acids is 1. The van der Waals surface area contributed by atoms with Crippen LogP contribution in [0.3, 0.4) is 0 Å². The topological polar surface area (TPSA) is 66.5 Å². The smallest absolute Gasteiger partial charge is 0.243 e. The summed E-state index contributed by atoms with van der Waals surface area (Å²) in [6.07, 6.45) is 5.79. The summed E-state index contributed by atoms with van der Waals surface area (Å²) in [4.78, 5) is 12.8. The van der Waals surface area contributed by atoms with Crippen LogP contribution in [-0.4, -0.2) is 33.2 Å². The number of nitrogens with zero attached hydrogens (tertiary/aromatic N) is 1. The van der Waals surface area contributed by atoms with Gasteiger partial charge in [0, 0.05) is 11.6 Å². The quantitative estimate of drug-likeness (QED) is 0.602. The molecule has 0 heterocycles. The lowest BCUT2D eigenvalue weighted by Gasteiger charge is -2.30. The molecular weight excluding hydrogens is 372 g/mol. The molecule has 0 spiro atoms. The molecule has 0 aliphatic heterocycles. The number of rotatable bonds is 11. The number of carbonyl (C=O) groups is 1. The molecule has 0 aromatic heterocycles.